The Bertz CT molecular complexity index is 1650. The summed E-state index contributed by atoms with van der Waals surface area (Å²) in [6.07, 6.45) is 4.87. The van der Waals surface area contributed by atoms with Crippen LogP contribution in [-0.2, 0) is 0 Å². The minimum absolute atomic E-state index is 0.143. The van der Waals surface area contributed by atoms with E-state index < -0.39 is 12.0 Å². The summed E-state index contributed by atoms with van der Waals surface area (Å²) in [5, 5.41) is 13.0. The number of likely N-dealkylation sites (tertiary alicyclic amines) is 1. The molecule has 1 aliphatic rings. The van der Waals surface area contributed by atoms with Crippen LogP contribution in [0.1, 0.15) is 47.2 Å². The number of carbonyl (C=O) groups excluding carboxylic acids is 1. The van der Waals surface area contributed by atoms with E-state index in [9.17, 15) is 19.5 Å². The van der Waals surface area contributed by atoms with Gasteiger partial charge in [0, 0.05) is 30.6 Å². The lowest BCUT2D eigenvalue weighted by Gasteiger charge is -2.33. The predicted octanol–water partition coefficient (Wildman–Crippen LogP) is 5.81. The summed E-state index contributed by atoms with van der Waals surface area (Å²) >= 11 is 6.50. The van der Waals surface area contributed by atoms with Crippen LogP contribution in [0, 0.1) is 13.8 Å². The topological polar surface area (TPSA) is 138 Å². The Morgan fingerprint density at radius 2 is 1.95 bits per heavy atom. The molecule has 1 saturated heterocycles. The maximum Gasteiger partial charge on any atom is 0.407 e. The van der Waals surface area contributed by atoms with E-state index in [4.69, 9.17) is 16.3 Å². The van der Waals surface area contributed by atoms with E-state index in [0.717, 1.165) is 30.4 Å². The number of hydrogen-bond acceptors (Lipinski definition) is 6. The number of aromatic nitrogens is 3. The maximum atomic E-state index is 13.5. The number of carbonyl (C=O) groups is 2. The van der Waals surface area contributed by atoms with Crippen molar-refractivity contribution in [3.05, 3.63) is 81.0 Å². The van der Waals surface area contributed by atoms with E-state index >= 15 is 0 Å². The molecule has 1 aliphatic heterocycles. The van der Waals surface area contributed by atoms with E-state index in [1.165, 1.54) is 23.5 Å². The van der Waals surface area contributed by atoms with Gasteiger partial charge in [0.2, 0.25) is 0 Å². The van der Waals surface area contributed by atoms with Crippen LogP contribution in [0.5, 0.6) is 5.75 Å². The van der Waals surface area contributed by atoms with Gasteiger partial charge in [0.1, 0.15) is 17.9 Å². The van der Waals surface area contributed by atoms with Gasteiger partial charge in [-0.3, -0.25) is 9.59 Å². The lowest BCUT2D eigenvalue weighted by Crippen LogP contribution is -2.43. The Kier molecular flexibility index (Phi) is 8.21. The number of benzene rings is 2. The summed E-state index contributed by atoms with van der Waals surface area (Å²) in [6, 6.07) is 10.3. The number of carboxylic acid groups (broad SMARTS) is 1. The van der Waals surface area contributed by atoms with Crippen molar-refractivity contribution in [1.82, 2.24) is 19.9 Å². The summed E-state index contributed by atoms with van der Waals surface area (Å²) in [5.74, 6) is 0.129. The van der Waals surface area contributed by atoms with Gasteiger partial charge in [0.15, 0.2) is 0 Å². The normalized spacial score (nSPS) is 15.1. The molecule has 2 aromatic carbocycles. The Hall–Kier alpha value is -4.44. The van der Waals surface area contributed by atoms with Gasteiger partial charge in [-0.05, 0) is 56.9 Å². The minimum atomic E-state index is -0.943. The fourth-order valence-electron chi connectivity index (χ4n) is 5.39. The molecular formula is C30H30ClN5O5. The first-order chi connectivity index (χ1) is 19.7. The molecule has 0 aliphatic carbocycles. The number of halogens is 1. The zero-order valence-corrected chi connectivity index (χ0v) is 23.5. The lowest BCUT2D eigenvalue weighted by atomic mass is 9.98. The Morgan fingerprint density at radius 1 is 1.17 bits per heavy atom. The van der Waals surface area contributed by atoms with E-state index in [-0.39, 0.29) is 28.8 Å². The number of nitrogens with zero attached hydrogens (tertiary/aromatic N) is 3. The number of fused-ring (bicyclic) bond motifs is 1. The third kappa shape index (κ3) is 6.17. The van der Waals surface area contributed by atoms with E-state index in [0.29, 0.717) is 46.6 Å². The molecule has 0 saturated carbocycles. The van der Waals surface area contributed by atoms with Crippen LogP contribution in [0.25, 0.3) is 22.0 Å². The zero-order valence-electron chi connectivity index (χ0n) is 22.7. The predicted molar refractivity (Wildman–Crippen MR) is 157 cm³/mol. The summed E-state index contributed by atoms with van der Waals surface area (Å²) < 4.78 is 6.35. The Morgan fingerprint density at radius 3 is 2.66 bits per heavy atom. The number of amides is 2. The van der Waals surface area contributed by atoms with Crippen LogP contribution in [0.3, 0.4) is 0 Å². The molecule has 0 bridgehead atoms. The van der Waals surface area contributed by atoms with Crippen LogP contribution in [-0.4, -0.2) is 56.2 Å². The van der Waals surface area contributed by atoms with Gasteiger partial charge in [0.05, 0.1) is 28.3 Å². The Labute approximate surface area is 241 Å². The van der Waals surface area contributed by atoms with Crippen molar-refractivity contribution in [3.63, 3.8) is 0 Å². The van der Waals surface area contributed by atoms with E-state index in [1.54, 1.807) is 12.1 Å². The first-order valence-corrected chi connectivity index (χ1v) is 13.8. The smallest absolute Gasteiger partial charge is 0.407 e. The fraction of sp³-hybridized carbons (Fsp3) is 0.300. The van der Waals surface area contributed by atoms with Gasteiger partial charge in [0.25, 0.3) is 11.5 Å². The molecule has 212 valence electrons. The van der Waals surface area contributed by atoms with Crippen LogP contribution in [0.15, 0.2) is 53.7 Å². The van der Waals surface area contributed by atoms with Crippen LogP contribution in [0.4, 0.5) is 10.6 Å². The number of rotatable bonds is 7. The second kappa shape index (κ2) is 12.0. The van der Waals surface area contributed by atoms with Crippen molar-refractivity contribution in [2.75, 3.05) is 18.5 Å². The average Bonchev–Trinajstić information content (AvgIpc) is 2.92. The highest BCUT2D eigenvalue weighted by atomic mass is 35.5. The molecule has 1 unspecified atom stereocenters. The number of aromatic amines is 1. The zero-order chi connectivity index (χ0) is 29.1. The number of H-pyrrole nitrogens is 1. The number of ether oxygens (including phenoxy) is 1. The van der Waals surface area contributed by atoms with Crippen molar-refractivity contribution in [1.29, 1.82) is 0 Å². The molecule has 41 heavy (non-hydrogen) atoms. The van der Waals surface area contributed by atoms with Crippen molar-refractivity contribution in [2.45, 2.75) is 45.6 Å². The van der Waals surface area contributed by atoms with Crippen molar-refractivity contribution in [3.8, 4) is 16.9 Å². The third-order valence-electron chi connectivity index (χ3n) is 7.20. The standard InChI is InChI=1S/C30H30ClN5O5/c1-17-11-18(2)13-19(12-17)26-27(41-10-7-20-5-3-4-9-36(20)30(39)40)22-14-21(23(31)15-24(22)34-29(26)38)28(37)35-25-6-8-32-16-33-25/h6,8,11-16,20H,3-5,7,9-10H2,1-2H3,(H,34,38)(H,39,40)(H,32,33,35,37). The minimum Gasteiger partial charge on any atom is -0.492 e. The highest BCUT2D eigenvalue weighted by Crippen LogP contribution is 2.37. The second-order valence-electron chi connectivity index (χ2n) is 10.2. The molecule has 0 spiro atoms. The van der Waals surface area contributed by atoms with Gasteiger partial charge < -0.3 is 25.0 Å². The molecule has 10 nitrogen and oxygen atoms in total. The lowest BCUT2D eigenvalue weighted by molar-refractivity contribution is 0.0968. The van der Waals surface area contributed by atoms with Crippen molar-refractivity contribution in [2.24, 2.45) is 0 Å². The molecule has 5 rings (SSSR count). The van der Waals surface area contributed by atoms with E-state index in [1.807, 2.05) is 32.0 Å². The fourth-order valence-corrected chi connectivity index (χ4v) is 5.64. The van der Waals surface area contributed by atoms with Crippen molar-refractivity contribution >= 4 is 40.3 Å². The van der Waals surface area contributed by atoms with Gasteiger partial charge in [-0.15, -0.1) is 0 Å². The molecule has 2 amide bonds. The number of anilines is 1. The number of pyridine rings is 1. The third-order valence-corrected chi connectivity index (χ3v) is 7.52. The number of nitrogens with one attached hydrogen (secondary N) is 2. The molecule has 3 N–H and O–H groups in total. The maximum absolute atomic E-state index is 13.5. The highest BCUT2D eigenvalue weighted by Gasteiger charge is 2.27. The van der Waals surface area contributed by atoms with Crippen LogP contribution in [0.2, 0.25) is 5.02 Å². The molecular weight excluding hydrogens is 546 g/mol. The molecule has 11 heteroatoms. The van der Waals surface area contributed by atoms with Gasteiger partial charge in [-0.2, -0.15) is 0 Å². The van der Waals surface area contributed by atoms with Gasteiger partial charge >= 0.3 is 6.09 Å². The summed E-state index contributed by atoms with van der Waals surface area (Å²) in [4.78, 5) is 50.7. The van der Waals surface area contributed by atoms with Gasteiger partial charge in [-0.25, -0.2) is 14.8 Å². The molecule has 0 radical (unpaired) electrons. The Balaban J connectivity index is 1.58. The van der Waals surface area contributed by atoms with Crippen LogP contribution < -0.4 is 15.6 Å². The monoisotopic (exact) mass is 575 g/mol. The second-order valence-corrected chi connectivity index (χ2v) is 10.6. The first-order valence-electron chi connectivity index (χ1n) is 13.4. The molecule has 2 aromatic heterocycles. The largest absolute Gasteiger partial charge is 0.492 e. The number of hydrogen-bond donors (Lipinski definition) is 3. The highest BCUT2D eigenvalue weighted by molar-refractivity contribution is 6.35. The summed E-state index contributed by atoms with van der Waals surface area (Å²) in [7, 11) is 0. The van der Waals surface area contributed by atoms with E-state index in [2.05, 4.69) is 20.3 Å². The molecule has 1 atom stereocenters. The molecule has 4 aromatic rings. The molecule has 1 fully saturated rings. The number of aryl methyl sites for hydroxylation is 2. The summed E-state index contributed by atoms with van der Waals surface area (Å²) in [5.41, 5.74) is 3.17. The number of piperidine rings is 1. The quantitative estimate of drug-likeness (QED) is 0.253. The van der Waals surface area contributed by atoms with Crippen molar-refractivity contribution < 1.29 is 19.4 Å². The molecule has 3 heterocycles. The summed E-state index contributed by atoms with van der Waals surface area (Å²) in [6.45, 7) is 4.57. The average molecular weight is 576 g/mol. The van der Waals surface area contributed by atoms with Gasteiger partial charge in [-0.1, -0.05) is 40.9 Å². The van der Waals surface area contributed by atoms with Crippen LogP contribution >= 0.6 is 11.6 Å². The first kappa shape index (κ1) is 28.1. The SMILES string of the molecule is Cc1cc(C)cc(-c2c(OCCC3CCCCN3C(=O)O)c3cc(C(=O)Nc4ccncn4)c(Cl)cc3[nH]c2=O)c1.